The van der Waals surface area contributed by atoms with Crippen molar-refractivity contribution in [1.29, 1.82) is 0 Å². The van der Waals surface area contributed by atoms with E-state index in [0.717, 1.165) is 14.7 Å². The summed E-state index contributed by atoms with van der Waals surface area (Å²) in [6.07, 6.45) is 0. The number of fused-ring (bicyclic) bond motifs is 6. The summed E-state index contributed by atoms with van der Waals surface area (Å²) in [7, 11) is 0. The van der Waals surface area contributed by atoms with E-state index in [4.69, 9.17) is 37.1 Å². The average molecular weight is 684 g/mol. The lowest BCUT2D eigenvalue weighted by Crippen LogP contribution is -2.06. The minimum atomic E-state index is -0.892. The van der Waals surface area contributed by atoms with Crippen molar-refractivity contribution in [3.63, 3.8) is 0 Å². The van der Waals surface area contributed by atoms with Gasteiger partial charge >= 0.3 is 0 Å². The van der Waals surface area contributed by atoms with Crippen molar-refractivity contribution >= 4 is 49.3 Å². The predicted molar refractivity (Wildman–Crippen MR) is 211 cm³/mol. The lowest BCUT2D eigenvalue weighted by molar-refractivity contribution is 0.953. The van der Waals surface area contributed by atoms with E-state index in [2.05, 4.69) is 9.83 Å². The average Bonchev–Trinajstić information content (AvgIpc) is 3.92. The van der Waals surface area contributed by atoms with Gasteiger partial charge in [0, 0.05) is 45.2 Å². The van der Waals surface area contributed by atoms with Gasteiger partial charge < -0.3 is 4.57 Å². The highest BCUT2D eigenvalue weighted by atomic mass is 15.2. The summed E-state index contributed by atoms with van der Waals surface area (Å²) >= 11 is 0. The van der Waals surface area contributed by atoms with E-state index in [1.54, 1.807) is 24.3 Å². The van der Waals surface area contributed by atoms with Crippen LogP contribution in [-0.4, -0.2) is 24.1 Å². The van der Waals surface area contributed by atoms with Gasteiger partial charge in [-0.1, -0.05) is 127 Å². The Morgan fingerprint density at radius 1 is 0.481 bits per heavy atom. The van der Waals surface area contributed by atoms with E-state index in [1.165, 1.54) is 0 Å². The quantitative estimate of drug-likeness (QED) is 0.170. The monoisotopic (exact) mass is 683 g/mol. The second kappa shape index (κ2) is 11.9. The smallest absolute Gasteiger partial charge is 0.238 e. The fraction of sp³-hybridized carbons (Fsp3) is 0. The van der Waals surface area contributed by atoms with Gasteiger partial charge in [0.15, 0.2) is 17.3 Å². The molecule has 0 spiro atoms. The summed E-state index contributed by atoms with van der Waals surface area (Å²) in [5.41, 5.74) is -1.98. The number of nitrogens with zero attached hydrogens (tertiary/aromatic N) is 6. The molecular weight excluding hydrogens is 637 g/mol. The van der Waals surface area contributed by atoms with Crippen molar-refractivity contribution in [1.82, 2.24) is 24.1 Å². The zero-order valence-corrected chi connectivity index (χ0v) is 26.4. The fourth-order valence-corrected chi connectivity index (χ4v) is 6.13. The fourth-order valence-electron chi connectivity index (χ4n) is 6.13. The molecule has 0 aliphatic heterocycles. The van der Waals surface area contributed by atoms with Crippen molar-refractivity contribution in [2.45, 2.75) is 0 Å². The molecule has 0 saturated heterocycles. The lowest BCUT2D eigenvalue weighted by Gasteiger charge is -2.13. The Morgan fingerprint density at radius 2 is 1.08 bits per heavy atom. The van der Waals surface area contributed by atoms with Crippen LogP contribution < -0.4 is 0 Å². The third-order valence-corrected chi connectivity index (χ3v) is 8.40. The minimum Gasteiger partial charge on any atom is -0.310 e. The second-order valence-corrected chi connectivity index (χ2v) is 11.4. The first-order chi connectivity index (χ1) is 33.7. The van der Waals surface area contributed by atoms with Crippen LogP contribution in [0.5, 0.6) is 0 Å². The normalized spacial score (nSPS) is 16.6. The Balaban J connectivity index is 1.40. The van der Waals surface area contributed by atoms with Gasteiger partial charge in [0.2, 0.25) is 5.95 Å². The SMILES string of the molecule is [2H]c1c([2H])c(-c2nc(-c3cccc(-c4ccccc4)c3)nc(-n3c4c([2H])c([2H])c([2H])c([2H])c4c4c([2H])c([2H])c([2H])c([2H])c43)n2)c([2H])c(-n2c3c([2H])c([2H])c([2H])c([2H])c3c3c([2H])c([2H])c([N+]#[C-])c([2H])c32)c1[2H]. The van der Waals surface area contributed by atoms with E-state index in [9.17, 15) is 5.48 Å². The van der Waals surface area contributed by atoms with E-state index < -0.39 is 155 Å². The largest absolute Gasteiger partial charge is 0.310 e. The molecule has 0 aliphatic carbocycles. The van der Waals surface area contributed by atoms with Gasteiger partial charge in [-0.25, -0.2) is 9.83 Å². The maximum absolute atomic E-state index is 9.88. The van der Waals surface area contributed by atoms with Crippen LogP contribution in [0, 0.1) is 6.57 Å². The summed E-state index contributed by atoms with van der Waals surface area (Å²) < 4.78 is 172. The first kappa shape index (κ1) is 16.1. The van der Waals surface area contributed by atoms with Gasteiger partial charge in [-0.05, 0) is 53.4 Å². The Kier molecular flexibility index (Phi) is 3.69. The van der Waals surface area contributed by atoms with Crippen molar-refractivity contribution in [2.75, 3.05) is 0 Å². The molecule has 10 aromatic rings. The molecule has 52 heavy (non-hydrogen) atoms. The first-order valence-corrected chi connectivity index (χ1v) is 15.6. The summed E-state index contributed by atoms with van der Waals surface area (Å²) in [5.74, 6) is -1.36. The van der Waals surface area contributed by atoms with Crippen molar-refractivity contribution in [3.05, 3.63) is 181 Å². The minimum absolute atomic E-state index is 0.218. The van der Waals surface area contributed by atoms with Crippen molar-refractivity contribution in [3.8, 4) is 45.5 Å². The number of para-hydroxylation sites is 3. The Hall–Kier alpha value is -7.36. The summed E-state index contributed by atoms with van der Waals surface area (Å²) in [6, 6.07) is 1.67. The molecule has 6 heteroatoms. The third-order valence-electron chi connectivity index (χ3n) is 8.40. The molecule has 7 aromatic carbocycles. The van der Waals surface area contributed by atoms with Crippen molar-refractivity contribution < 1.29 is 26.0 Å². The second-order valence-electron chi connectivity index (χ2n) is 11.4. The van der Waals surface area contributed by atoms with Crippen LogP contribution in [0.1, 0.15) is 26.0 Å². The van der Waals surface area contributed by atoms with Crippen LogP contribution in [0.4, 0.5) is 5.69 Å². The molecule has 0 radical (unpaired) electrons. The van der Waals surface area contributed by atoms with Crippen LogP contribution >= 0.6 is 0 Å². The number of benzene rings is 7. The number of rotatable bonds is 5. The predicted octanol–water partition coefficient (Wildman–Crippen LogP) is 11.6. The summed E-state index contributed by atoms with van der Waals surface area (Å²) in [5, 5.41) is -1.40. The Morgan fingerprint density at radius 3 is 1.77 bits per heavy atom. The molecule has 0 N–H and O–H groups in total. The summed E-state index contributed by atoms with van der Waals surface area (Å²) in [6.45, 7) is 7.80. The van der Waals surface area contributed by atoms with Crippen LogP contribution in [-0.2, 0) is 0 Å². The standard InChI is InChI=1S/C46H28N6/c1-47-34-25-26-39-38-21-5-8-22-40(38)51(43(39)29-34)35-18-12-17-33(28-35)45-48-44(32-16-11-15-31(27-32)30-13-3-2-4-14-30)49-46(50-45)52-41-23-9-6-19-36(41)37-20-7-10-24-42(37)52/h2-29H/i5D,6D,7D,8D,9D,10D,12D,17D,18D,19D,20D,21D,22D,23D,24D,25D,26D,28D,29D. The van der Waals surface area contributed by atoms with Crippen LogP contribution in [0.15, 0.2) is 169 Å². The van der Waals surface area contributed by atoms with Gasteiger partial charge in [-0.2, -0.15) is 9.97 Å². The molecule has 242 valence electrons. The van der Waals surface area contributed by atoms with Gasteiger partial charge in [-0.3, -0.25) is 4.57 Å². The maximum Gasteiger partial charge on any atom is 0.238 e. The zero-order chi connectivity index (χ0) is 51.1. The van der Waals surface area contributed by atoms with E-state index in [0.29, 0.717) is 5.56 Å². The lowest BCUT2D eigenvalue weighted by atomic mass is 10.0. The van der Waals surface area contributed by atoms with E-state index in [-0.39, 0.29) is 44.0 Å². The molecule has 0 atom stereocenters. The first-order valence-electron chi connectivity index (χ1n) is 25.1. The molecule has 10 rings (SSSR count). The van der Waals surface area contributed by atoms with Gasteiger partial charge in [0.1, 0.15) is 0 Å². The van der Waals surface area contributed by atoms with Gasteiger partial charge in [0.05, 0.1) is 47.8 Å². The molecule has 3 aromatic heterocycles. The van der Waals surface area contributed by atoms with Crippen LogP contribution in [0.2, 0.25) is 0 Å². The molecule has 0 amide bonds. The topological polar surface area (TPSA) is 52.9 Å². The molecule has 0 fully saturated rings. The van der Waals surface area contributed by atoms with E-state index in [1.807, 2.05) is 30.3 Å². The van der Waals surface area contributed by atoms with Gasteiger partial charge in [0.25, 0.3) is 0 Å². The highest BCUT2D eigenvalue weighted by Gasteiger charge is 2.19. The zero-order valence-electron chi connectivity index (χ0n) is 45.4. The Labute approximate surface area is 326 Å². The molecule has 3 heterocycles. The highest BCUT2D eigenvalue weighted by Crippen LogP contribution is 2.36. The van der Waals surface area contributed by atoms with Gasteiger partial charge in [-0.15, -0.1) is 0 Å². The molecule has 0 saturated carbocycles. The molecule has 0 aliphatic rings. The third kappa shape index (κ3) is 4.76. The molecule has 6 nitrogen and oxygen atoms in total. The highest BCUT2D eigenvalue weighted by molar-refractivity contribution is 6.10. The molecule has 0 unspecified atom stereocenters. The number of hydrogen-bond donors (Lipinski definition) is 0. The van der Waals surface area contributed by atoms with E-state index >= 15 is 0 Å². The number of aromatic nitrogens is 5. The maximum atomic E-state index is 9.88. The Bertz CT molecular complexity index is 4050. The molecular formula is C46H28N6. The van der Waals surface area contributed by atoms with Crippen molar-refractivity contribution in [2.24, 2.45) is 0 Å². The summed E-state index contributed by atoms with van der Waals surface area (Å²) in [4.78, 5) is 17.4. The molecule has 0 bridgehead atoms. The number of hydrogen-bond acceptors (Lipinski definition) is 3. The van der Waals surface area contributed by atoms with Crippen LogP contribution in [0.25, 0.3) is 94.0 Å². The van der Waals surface area contributed by atoms with Crippen LogP contribution in [0.3, 0.4) is 0 Å².